The number of rotatable bonds is 24. The molecule has 0 N–H and O–H groups in total. The van der Waals surface area contributed by atoms with E-state index in [1.807, 2.05) is 75.9 Å². The summed E-state index contributed by atoms with van der Waals surface area (Å²) in [5.41, 5.74) is 4.13. The first-order valence-electron chi connectivity index (χ1n) is 20.4. The molecule has 0 radical (unpaired) electrons. The molecule has 15 heteroatoms. The second kappa shape index (κ2) is 24.1. The first-order chi connectivity index (χ1) is 28.6. The zero-order valence-corrected chi connectivity index (χ0v) is 37.5. The molecule has 0 fully saturated rings. The number of benzene rings is 2. The van der Waals surface area contributed by atoms with Crippen LogP contribution < -0.4 is 0 Å². The Morgan fingerprint density at radius 1 is 0.559 bits per heavy atom. The van der Waals surface area contributed by atoms with Gasteiger partial charge in [0.1, 0.15) is 0 Å². The van der Waals surface area contributed by atoms with Gasteiger partial charge in [0.15, 0.2) is 0 Å². The first-order valence-corrected chi connectivity index (χ1v) is 22.5. The van der Waals surface area contributed by atoms with Crippen molar-refractivity contribution in [2.24, 2.45) is 0 Å². The highest BCUT2D eigenvalue weighted by atomic mass is 33.1. The number of ether oxygens (including phenoxy) is 3. The van der Waals surface area contributed by atoms with Crippen molar-refractivity contribution in [2.45, 2.75) is 76.8 Å². The van der Waals surface area contributed by atoms with E-state index >= 15 is 0 Å². The summed E-state index contributed by atoms with van der Waals surface area (Å²) in [6.07, 6.45) is 4.95. The van der Waals surface area contributed by atoms with Crippen LogP contribution >= 0.6 is 21.6 Å². The fourth-order valence-electron chi connectivity index (χ4n) is 6.75. The molecule has 0 saturated carbocycles. The van der Waals surface area contributed by atoms with Gasteiger partial charge in [0.2, 0.25) is 11.8 Å². The number of carbonyl (C=O) groups is 4. The SMILES string of the molecule is CCCC(=O)N(CC)Cc1ccnc2c(SSc3cc(C(=O)N(CC)CCOC)cc4c(CN(CC)C(=O)CCOC)ccnc34)cc(C(=O)N(CC)CCOC)cc12. The van der Waals surface area contributed by atoms with Gasteiger partial charge in [0.25, 0.3) is 11.8 Å². The first kappa shape index (κ1) is 47.4. The molecule has 0 atom stereocenters. The van der Waals surface area contributed by atoms with Gasteiger partial charge in [-0.2, -0.15) is 0 Å². The Labute approximate surface area is 356 Å². The summed E-state index contributed by atoms with van der Waals surface area (Å²) in [5.74, 6) is -0.229. The summed E-state index contributed by atoms with van der Waals surface area (Å²) in [6, 6.07) is 11.3. The minimum Gasteiger partial charge on any atom is -0.384 e. The van der Waals surface area contributed by atoms with E-state index in [4.69, 9.17) is 24.2 Å². The molecule has 0 unspecified atom stereocenters. The monoisotopic (exact) mass is 848 g/mol. The third-order valence-corrected chi connectivity index (χ3v) is 12.6. The second-order valence-corrected chi connectivity index (χ2v) is 16.1. The van der Waals surface area contributed by atoms with Crippen LogP contribution in [0.1, 0.15) is 85.7 Å². The van der Waals surface area contributed by atoms with Crippen molar-refractivity contribution < 1.29 is 33.4 Å². The van der Waals surface area contributed by atoms with E-state index < -0.39 is 0 Å². The van der Waals surface area contributed by atoms with E-state index in [0.717, 1.165) is 38.1 Å². The molecule has 2 aromatic carbocycles. The van der Waals surface area contributed by atoms with Crippen molar-refractivity contribution in [1.29, 1.82) is 0 Å². The van der Waals surface area contributed by atoms with Crippen LogP contribution in [0.25, 0.3) is 21.8 Å². The summed E-state index contributed by atoms with van der Waals surface area (Å²) >= 11 is 0. The molecule has 4 aromatic rings. The predicted molar refractivity (Wildman–Crippen MR) is 236 cm³/mol. The fourth-order valence-corrected chi connectivity index (χ4v) is 9.07. The number of fused-ring (bicyclic) bond motifs is 2. The van der Waals surface area contributed by atoms with Crippen LogP contribution in [0.2, 0.25) is 0 Å². The van der Waals surface area contributed by atoms with Crippen LogP contribution in [0.5, 0.6) is 0 Å². The summed E-state index contributed by atoms with van der Waals surface area (Å²) in [7, 11) is 7.67. The van der Waals surface area contributed by atoms with E-state index in [9.17, 15) is 19.2 Å². The predicted octanol–water partition coefficient (Wildman–Crippen LogP) is 7.33. The van der Waals surface area contributed by atoms with Gasteiger partial charge in [0.05, 0.1) is 37.3 Å². The zero-order chi connectivity index (χ0) is 42.9. The molecule has 0 bridgehead atoms. The smallest absolute Gasteiger partial charge is 0.253 e. The largest absolute Gasteiger partial charge is 0.384 e. The Morgan fingerprint density at radius 3 is 1.34 bits per heavy atom. The Hall–Kier alpha value is -4.28. The molecule has 2 heterocycles. The topological polar surface area (TPSA) is 135 Å². The van der Waals surface area contributed by atoms with Crippen molar-refractivity contribution in [3.63, 3.8) is 0 Å². The lowest BCUT2D eigenvalue weighted by Crippen LogP contribution is -2.33. The van der Waals surface area contributed by atoms with Crippen molar-refractivity contribution in [3.05, 3.63) is 71.0 Å². The standard InChI is InChI=1S/C44H60N6O7S2/c1-9-14-39(51)49(12-4)29-31-15-18-45-41-35(31)25-33(43(53)47(10-2)20-23-56-7)27-37(41)58-59-38-28-34(44(54)48(11-3)21-24-57-8)26-36-32(16-19-46-42(36)38)30-50(13-5)40(52)17-22-55-6/h15-16,18-19,25-28H,9-14,17,20-24,29-30H2,1-8H3. The van der Waals surface area contributed by atoms with E-state index in [1.54, 1.807) is 48.4 Å². The number of pyridine rings is 2. The van der Waals surface area contributed by atoms with Crippen LogP contribution in [0, 0.1) is 0 Å². The molecule has 0 aliphatic carbocycles. The summed E-state index contributed by atoms with van der Waals surface area (Å²) < 4.78 is 15.8. The van der Waals surface area contributed by atoms with Crippen molar-refractivity contribution in [3.8, 4) is 0 Å². The van der Waals surface area contributed by atoms with Crippen LogP contribution in [0.4, 0.5) is 0 Å². The summed E-state index contributed by atoms with van der Waals surface area (Å²) in [4.78, 5) is 72.8. The number of amides is 4. The lowest BCUT2D eigenvalue weighted by atomic mass is 10.0. The average molecular weight is 849 g/mol. The van der Waals surface area contributed by atoms with Gasteiger partial charge >= 0.3 is 0 Å². The highest BCUT2D eigenvalue weighted by Gasteiger charge is 2.23. The molecule has 4 amide bonds. The quantitative estimate of drug-likeness (QED) is 0.0656. The summed E-state index contributed by atoms with van der Waals surface area (Å²) in [5, 5.41) is 1.56. The maximum Gasteiger partial charge on any atom is 0.253 e. The van der Waals surface area contributed by atoms with Gasteiger partial charge in [-0.25, -0.2) is 0 Å². The molecule has 0 aliphatic rings. The third kappa shape index (κ3) is 12.4. The lowest BCUT2D eigenvalue weighted by Gasteiger charge is -2.24. The molecule has 13 nitrogen and oxygen atoms in total. The number of carbonyl (C=O) groups excluding carboxylic acids is 4. The highest BCUT2D eigenvalue weighted by molar-refractivity contribution is 8.76. The highest BCUT2D eigenvalue weighted by Crippen LogP contribution is 2.44. The zero-order valence-electron chi connectivity index (χ0n) is 35.9. The fraction of sp³-hybridized carbons (Fsp3) is 0.500. The number of hydrogen-bond acceptors (Lipinski definition) is 11. The van der Waals surface area contributed by atoms with Gasteiger partial charge in [-0.3, -0.25) is 29.1 Å². The molecule has 59 heavy (non-hydrogen) atoms. The Morgan fingerprint density at radius 2 is 0.966 bits per heavy atom. The van der Waals surface area contributed by atoms with E-state index in [0.29, 0.717) is 101 Å². The Balaban J connectivity index is 1.88. The Bertz CT molecular complexity index is 2050. The minimum atomic E-state index is -0.144. The summed E-state index contributed by atoms with van der Waals surface area (Å²) in [6.45, 7) is 14.5. The second-order valence-electron chi connectivity index (χ2n) is 13.9. The molecule has 2 aromatic heterocycles. The van der Waals surface area contributed by atoms with Crippen LogP contribution in [0.15, 0.2) is 58.6 Å². The number of likely N-dealkylation sites (N-methyl/N-ethyl adjacent to an activating group) is 2. The normalized spacial score (nSPS) is 11.3. The van der Waals surface area contributed by atoms with Crippen LogP contribution in [-0.4, -0.2) is 134 Å². The number of methoxy groups -OCH3 is 3. The van der Waals surface area contributed by atoms with Crippen LogP contribution in [-0.2, 0) is 36.9 Å². The van der Waals surface area contributed by atoms with Crippen molar-refractivity contribution in [1.82, 2.24) is 29.6 Å². The third-order valence-electron chi connectivity index (χ3n) is 10.2. The molecular weight excluding hydrogens is 789 g/mol. The molecule has 320 valence electrons. The molecule has 0 spiro atoms. The van der Waals surface area contributed by atoms with E-state index in [2.05, 4.69) is 0 Å². The van der Waals surface area contributed by atoms with E-state index in [-0.39, 0.29) is 30.0 Å². The number of hydrogen-bond donors (Lipinski definition) is 0. The van der Waals surface area contributed by atoms with Crippen LogP contribution in [0.3, 0.4) is 0 Å². The van der Waals surface area contributed by atoms with Gasteiger partial charge in [-0.15, -0.1) is 0 Å². The van der Waals surface area contributed by atoms with Gasteiger partial charge < -0.3 is 33.8 Å². The average Bonchev–Trinajstić information content (AvgIpc) is 3.25. The molecule has 0 saturated heterocycles. The van der Waals surface area contributed by atoms with Gasteiger partial charge in [-0.05, 0) is 81.6 Å². The minimum absolute atomic E-state index is 0.0257. The molecule has 4 rings (SSSR count). The van der Waals surface area contributed by atoms with Crippen molar-refractivity contribution >= 4 is 67.0 Å². The van der Waals surface area contributed by atoms with Crippen molar-refractivity contribution in [2.75, 3.05) is 80.4 Å². The van der Waals surface area contributed by atoms with E-state index in [1.165, 1.54) is 21.6 Å². The van der Waals surface area contributed by atoms with Gasteiger partial charge in [-0.1, -0.05) is 28.5 Å². The number of aromatic nitrogens is 2. The molecule has 0 aliphatic heterocycles. The Kier molecular flexibility index (Phi) is 19.4. The molecular formula is C44H60N6O7S2. The maximum atomic E-state index is 14.1. The lowest BCUT2D eigenvalue weighted by molar-refractivity contribution is -0.133. The van der Waals surface area contributed by atoms with Gasteiger partial charge in [0, 0.05) is 124 Å². The number of nitrogens with zero attached hydrogens (tertiary/aromatic N) is 6. The maximum absolute atomic E-state index is 14.1.